The van der Waals surface area contributed by atoms with E-state index in [0.29, 0.717) is 5.75 Å². The number of nitrogens with zero attached hydrogens (tertiary/aromatic N) is 1. The van der Waals surface area contributed by atoms with Gasteiger partial charge < -0.3 is 14.8 Å². The summed E-state index contributed by atoms with van der Waals surface area (Å²) in [4.78, 5) is 15.3. The predicted molar refractivity (Wildman–Crippen MR) is 132 cm³/mol. The number of aliphatic carboxylic acids is 1. The first-order chi connectivity index (χ1) is 14.8. The molecule has 178 valence electrons. The number of hydrogen-bond acceptors (Lipinski definition) is 5. The number of anilines is 1. The highest BCUT2D eigenvalue weighted by Crippen LogP contribution is 2.22. The van der Waals surface area contributed by atoms with Crippen molar-refractivity contribution in [3.63, 3.8) is 0 Å². The summed E-state index contributed by atoms with van der Waals surface area (Å²) in [5.74, 6) is 2.00. The molecule has 0 saturated carbocycles. The van der Waals surface area contributed by atoms with Gasteiger partial charge >= 0.3 is 5.97 Å². The fourth-order valence-electron chi connectivity index (χ4n) is 3.67. The van der Waals surface area contributed by atoms with Crippen LogP contribution in [-0.2, 0) is 4.79 Å². The molecule has 0 aliphatic rings. The molecule has 0 aliphatic carbocycles. The maximum atomic E-state index is 11.4. The standard InChI is InChI=1S/C25H44N2O3S/c1-19(2)9-6-10-20(3)11-7-12-21(4)13-8-14-22(5)17-31-18-23(24(28)29)27-25-26-15-16-30-25/h15-17,19-21,23H,6-14,18H2,1-5H3,(H,26,27)(H,28,29). The second-order valence-electron chi connectivity index (χ2n) is 9.53. The van der Waals surface area contributed by atoms with Crippen LogP contribution in [-0.4, -0.2) is 27.9 Å². The SMILES string of the molecule is CC(=CSCC(Nc1ncco1)C(=O)O)CCCC(C)CCCC(C)CCCC(C)C. The summed E-state index contributed by atoms with van der Waals surface area (Å²) in [7, 11) is 0. The predicted octanol–water partition coefficient (Wildman–Crippen LogP) is 7.62. The quantitative estimate of drug-likeness (QED) is 0.239. The van der Waals surface area contributed by atoms with Crippen molar-refractivity contribution in [1.82, 2.24) is 4.98 Å². The van der Waals surface area contributed by atoms with Crippen molar-refractivity contribution >= 4 is 23.7 Å². The normalized spacial score (nSPS) is 15.1. The number of allylic oxidation sites excluding steroid dienone is 1. The van der Waals surface area contributed by atoms with Gasteiger partial charge in [-0.1, -0.05) is 78.2 Å². The van der Waals surface area contributed by atoms with Crippen LogP contribution in [0.1, 0.15) is 92.4 Å². The third-order valence-corrected chi connectivity index (χ3v) is 6.81. The van der Waals surface area contributed by atoms with Crippen LogP contribution in [0.3, 0.4) is 0 Å². The minimum absolute atomic E-state index is 0.243. The molecule has 1 rings (SSSR count). The van der Waals surface area contributed by atoms with Crippen LogP contribution in [0, 0.1) is 17.8 Å². The Kier molecular flexibility index (Phi) is 14.5. The Morgan fingerprint density at radius 3 is 2.26 bits per heavy atom. The molecule has 5 nitrogen and oxygen atoms in total. The molecule has 0 aliphatic heterocycles. The zero-order valence-corrected chi connectivity index (χ0v) is 21.0. The number of rotatable bonds is 18. The highest BCUT2D eigenvalue weighted by atomic mass is 32.2. The van der Waals surface area contributed by atoms with Crippen LogP contribution >= 0.6 is 11.8 Å². The number of oxazole rings is 1. The molecule has 1 aromatic heterocycles. The summed E-state index contributed by atoms with van der Waals surface area (Å²) in [6.07, 6.45) is 14.6. The molecule has 3 atom stereocenters. The molecular weight excluding hydrogens is 408 g/mol. The molecule has 1 aromatic rings. The second-order valence-corrected chi connectivity index (χ2v) is 10.4. The lowest BCUT2D eigenvalue weighted by molar-refractivity contribution is -0.137. The van der Waals surface area contributed by atoms with Crippen molar-refractivity contribution in [3.8, 4) is 0 Å². The number of carbonyl (C=O) groups is 1. The Labute approximate surface area is 193 Å². The van der Waals surface area contributed by atoms with E-state index in [1.165, 1.54) is 81.2 Å². The molecule has 1 heterocycles. The van der Waals surface area contributed by atoms with Crippen LogP contribution in [0.15, 0.2) is 27.9 Å². The molecular formula is C25H44N2O3S. The number of carboxylic acids is 1. The van der Waals surface area contributed by atoms with Gasteiger partial charge in [0.25, 0.3) is 6.01 Å². The van der Waals surface area contributed by atoms with Gasteiger partial charge in [-0.25, -0.2) is 9.78 Å². The summed E-state index contributed by atoms with van der Waals surface area (Å²) in [6, 6.07) is -0.479. The van der Waals surface area contributed by atoms with Crippen molar-refractivity contribution in [3.05, 3.63) is 23.4 Å². The Bertz CT molecular complexity index is 616. The van der Waals surface area contributed by atoms with Gasteiger partial charge in [0, 0.05) is 5.75 Å². The van der Waals surface area contributed by atoms with E-state index in [1.807, 2.05) is 0 Å². The molecule has 0 fully saturated rings. The van der Waals surface area contributed by atoms with E-state index in [0.717, 1.165) is 24.2 Å². The van der Waals surface area contributed by atoms with Gasteiger partial charge in [0.15, 0.2) is 0 Å². The number of thioether (sulfide) groups is 1. The third kappa shape index (κ3) is 14.3. The summed E-state index contributed by atoms with van der Waals surface area (Å²) in [6.45, 7) is 11.5. The monoisotopic (exact) mass is 452 g/mol. The fraction of sp³-hybridized carbons (Fsp3) is 0.760. The largest absolute Gasteiger partial charge is 0.480 e. The molecule has 6 heteroatoms. The third-order valence-electron chi connectivity index (χ3n) is 5.72. The average molecular weight is 453 g/mol. The minimum Gasteiger partial charge on any atom is -0.480 e. The van der Waals surface area contributed by atoms with Gasteiger partial charge in [0.1, 0.15) is 12.3 Å². The summed E-state index contributed by atoms with van der Waals surface area (Å²) < 4.78 is 5.07. The molecule has 0 aromatic carbocycles. The van der Waals surface area contributed by atoms with Gasteiger partial charge in [0.05, 0.1) is 6.20 Å². The number of hydrogen-bond donors (Lipinski definition) is 2. The first kappa shape index (κ1) is 27.6. The summed E-state index contributed by atoms with van der Waals surface area (Å²) in [5.41, 5.74) is 1.32. The smallest absolute Gasteiger partial charge is 0.327 e. The highest BCUT2D eigenvalue weighted by Gasteiger charge is 2.18. The first-order valence-corrected chi connectivity index (χ1v) is 13.0. The van der Waals surface area contributed by atoms with Crippen molar-refractivity contribution in [1.29, 1.82) is 0 Å². The average Bonchev–Trinajstić information content (AvgIpc) is 3.20. The first-order valence-electron chi connectivity index (χ1n) is 11.9. The van der Waals surface area contributed by atoms with E-state index in [4.69, 9.17) is 4.42 Å². The summed E-state index contributed by atoms with van der Waals surface area (Å²) in [5, 5.41) is 14.2. The van der Waals surface area contributed by atoms with E-state index < -0.39 is 12.0 Å². The van der Waals surface area contributed by atoms with Crippen LogP contribution in [0.4, 0.5) is 6.01 Å². The number of carboxylic acid groups (broad SMARTS) is 1. The maximum Gasteiger partial charge on any atom is 0.327 e. The lowest BCUT2D eigenvalue weighted by atomic mass is 9.91. The number of aromatic nitrogens is 1. The lowest BCUT2D eigenvalue weighted by Gasteiger charge is -2.15. The van der Waals surface area contributed by atoms with Crippen LogP contribution in [0.25, 0.3) is 0 Å². The van der Waals surface area contributed by atoms with E-state index in [1.54, 1.807) is 0 Å². The van der Waals surface area contributed by atoms with E-state index >= 15 is 0 Å². The molecule has 2 N–H and O–H groups in total. The Morgan fingerprint density at radius 2 is 1.71 bits per heavy atom. The summed E-state index contributed by atoms with van der Waals surface area (Å²) >= 11 is 1.53. The minimum atomic E-state index is -0.903. The van der Waals surface area contributed by atoms with Gasteiger partial charge in [-0.15, -0.1) is 11.8 Å². The Morgan fingerprint density at radius 1 is 1.10 bits per heavy atom. The second kappa shape index (κ2) is 16.2. The molecule has 0 bridgehead atoms. The van der Waals surface area contributed by atoms with E-state index in [2.05, 4.69) is 50.3 Å². The molecule has 0 saturated heterocycles. The van der Waals surface area contributed by atoms with Crippen molar-refractivity contribution < 1.29 is 14.3 Å². The molecule has 0 radical (unpaired) electrons. The molecule has 3 unspecified atom stereocenters. The van der Waals surface area contributed by atoms with Crippen LogP contribution in [0.5, 0.6) is 0 Å². The zero-order chi connectivity index (χ0) is 23.1. The van der Waals surface area contributed by atoms with E-state index in [9.17, 15) is 9.90 Å². The highest BCUT2D eigenvalue weighted by molar-refractivity contribution is 8.02. The Balaban J connectivity index is 2.14. The van der Waals surface area contributed by atoms with Crippen molar-refractivity contribution in [2.45, 2.75) is 98.4 Å². The molecule has 0 spiro atoms. The van der Waals surface area contributed by atoms with Gasteiger partial charge in [-0.3, -0.25) is 0 Å². The maximum absolute atomic E-state index is 11.4. The van der Waals surface area contributed by atoms with Crippen LogP contribution in [0.2, 0.25) is 0 Å². The Hall–Kier alpha value is -1.43. The van der Waals surface area contributed by atoms with Gasteiger partial charge in [-0.05, 0) is 42.9 Å². The van der Waals surface area contributed by atoms with Crippen molar-refractivity contribution in [2.75, 3.05) is 11.1 Å². The van der Waals surface area contributed by atoms with Crippen LogP contribution < -0.4 is 5.32 Å². The topological polar surface area (TPSA) is 75.4 Å². The van der Waals surface area contributed by atoms with E-state index in [-0.39, 0.29) is 6.01 Å². The van der Waals surface area contributed by atoms with Gasteiger partial charge in [-0.2, -0.15) is 0 Å². The van der Waals surface area contributed by atoms with Crippen molar-refractivity contribution in [2.24, 2.45) is 17.8 Å². The lowest BCUT2D eigenvalue weighted by Crippen LogP contribution is -2.31. The fourth-order valence-corrected chi connectivity index (χ4v) is 4.59. The van der Waals surface area contributed by atoms with Gasteiger partial charge in [0.2, 0.25) is 0 Å². The number of nitrogens with one attached hydrogen (secondary N) is 1. The zero-order valence-electron chi connectivity index (χ0n) is 20.2. The molecule has 31 heavy (non-hydrogen) atoms. The molecule has 0 amide bonds.